The summed E-state index contributed by atoms with van der Waals surface area (Å²) in [6.07, 6.45) is 4.17. The Hall–Kier alpha value is -2.53. The van der Waals surface area contributed by atoms with Crippen LogP contribution >= 0.6 is 34.8 Å². The summed E-state index contributed by atoms with van der Waals surface area (Å²) in [6.45, 7) is 6.52. The molecule has 13 heteroatoms. The predicted octanol–water partition coefficient (Wildman–Crippen LogP) is 4.99. The molecule has 2 aromatic rings. The summed E-state index contributed by atoms with van der Waals surface area (Å²) in [5.74, 6) is -0.343. The van der Waals surface area contributed by atoms with Gasteiger partial charge in [-0.15, -0.1) is 0 Å². The Kier molecular flexibility index (Phi) is 10.4. The lowest BCUT2D eigenvalue weighted by atomic mass is 10.1. The lowest BCUT2D eigenvalue weighted by Gasteiger charge is -2.31. The van der Waals surface area contributed by atoms with Crippen molar-refractivity contribution in [2.75, 3.05) is 26.2 Å². The SMILES string of the molecule is CCOC(=O)CN1CCC[C@@H]1C(=O)N1CCC[C@H]1CCc1cc2ccc(C(=N)NC(=O)OC(Cl)(Cl)Cl)cc2n1CC. The number of halogens is 3. The maximum atomic E-state index is 13.6. The van der Waals surface area contributed by atoms with E-state index >= 15 is 0 Å². The smallest absolute Gasteiger partial charge is 0.416 e. The van der Waals surface area contributed by atoms with E-state index in [-0.39, 0.29) is 36.3 Å². The number of hydrogen-bond acceptors (Lipinski definition) is 7. The lowest BCUT2D eigenvalue weighted by molar-refractivity contribution is -0.146. The topological polar surface area (TPSA) is 117 Å². The van der Waals surface area contributed by atoms with Crippen molar-refractivity contribution in [1.29, 1.82) is 5.41 Å². The van der Waals surface area contributed by atoms with E-state index < -0.39 is 10.1 Å². The van der Waals surface area contributed by atoms with Crippen molar-refractivity contribution < 1.29 is 23.9 Å². The van der Waals surface area contributed by atoms with Crippen LogP contribution in [0.4, 0.5) is 4.79 Å². The summed E-state index contributed by atoms with van der Waals surface area (Å²) in [5.41, 5.74) is 2.55. The Labute approximate surface area is 254 Å². The highest BCUT2D eigenvalue weighted by Gasteiger charge is 2.38. The third kappa shape index (κ3) is 7.85. The number of alkyl carbamates (subject to hydrolysis) is 1. The van der Waals surface area contributed by atoms with Gasteiger partial charge in [-0.3, -0.25) is 25.2 Å². The summed E-state index contributed by atoms with van der Waals surface area (Å²) in [6, 6.07) is 7.50. The average Bonchev–Trinajstić information content (AvgIpc) is 3.63. The Balaban J connectivity index is 1.42. The molecule has 2 aliphatic rings. The Morgan fingerprint density at radius 3 is 2.56 bits per heavy atom. The minimum atomic E-state index is -2.22. The van der Waals surface area contributed by atoms with E-state index in [1.165, 1.54) is 0 Å². The van der Waals surface area contributed by atoms with Crippen LogP contribution in [0.15, 0.2) is 24.3 Å². The van der Waals surface area contributed by atoms with Crippen molar-refractivity contribution >= 4 is 69.5 Å². The molecule has 2 amide bonds. The van der Waals surface area contributed by atoms with Crippen molar-refractivity contribution in [3.05, 3.63) is 35.5 Å². The van der Waals surface area contributed by atoms with Crippen molar-refractivity contribution in [3.63, 3.8) is 0 Å². The molecule has 2 aliphatic heterocycles. The van der Waals surface area contributed by atoms with Gasteiger partial charge in [0.05, 0.1) is 19.2 Å². The number of benzene rings is 1. The first kappa shape index (κ1) is 31.4. The van der Waals surface area contributed by atoms with E-state index in [1.54, 1.807) is 13.0 Å². The summed E-state index contributed by atoms with van der Waals surface area (Å²) in [5, 5.41) is 11.6. The van der Waals surface area contributed by atoms with Gasteiger partial charge >= 0.3 is 16.0 Å². The molecule has 0 aliphatic carbocycles. The Morgan fingerprint density at radius 1 is 1.10 bits per heavy atom. The van der Waals surface area contributed by atoms with Gasteiger partial charge in [0.1, 0.15) is 5.84 Å². The standard InChI is InChI=1S/C28H36Cl3N5O5/c1-3-35-21(15-18-9-10-19(16-23(18)35)25(32)33-27(39)41-28(29,30)31)12-11-20-7-5-14-36(20)26(38)22-8-6-13-34(22)17-24(37)40-4-2/h9-10,15-16,20,22H,3-8,11-14,17H2,1-2H3,(H2,32,33,39)/t20-,22+/m0/s1. The molecule has 3 heterocycles. The molecule has 2 saturated heterocycles. The van der Waals surface area contributed by atoms with Crippen LogP contribution in [0.1, 0.15) is 57.2 Å². The van der Waals surface area contributed by atoms with Crippen LogP contribution in [-0.2, 0) is 32.0 Å². The predicted molar refractivity (Wildman–Crippen MR) is 159 cm³/mol. The molecular weight excluding hydrogens is 593 g/mol. The van der Waals surface area contributed by atoms with Gasteiger partial charge in [0.15, 0.2) is 0 Å². The molecule has 224 valence electrons. The summed E-state index contributed by atoms with van der Waals surface area (Å²) >= 11 is 16.4. The van der Waals surface area contributed by atoms with Crippen LogP contribution < -0.4 is 5.32 Å². The van der Waals surface area contributed by atoms with Crippen LogP contribution in [0.25, 0.3) is 10.9 Å². The largest absolute Gasteiger partial charge is 0.465 e. The second-order valence-electron chi connectivity index (χ2n) is 10.3. The number of aryl methyl sites for hydroxylation is 2. The van der Waals surface area contributed by atoms with Crippen LogP contribution in [0.3, 0.4) is 0 Å². The molecule has 4 rings (SSSR count). The highest BCUT2D eigenvalue weighted by molar-refractivity contribution is 6.66. The van der Waals surface area contributed by atoms with Crippen molar-refractivity contribution in [3.8, 4) is 0 Å². The Bertz CT molecular complexity index is 1290. The van der Waals surface area contributed by atoms with E-state index in [2.05, 4.69) is 27.6 Å². The molecule has 0 radical (unpaired) electrons. The molecule has 41 heavy (non-hydrogen) atoms. The van der Waals surface area contributed by atoms with Gasteiger partial charge < -0.3 is 18.9 Å². The highest BCUT2D eigenvalue weighted by Crippen LogP contribution is 2.29. The molecule has 2 N–H and O–H groups in total. The van der Waals surface area contributed by atoms with Crippen LogP contribution in [-0.4, -0.2) is 80.5 Å². The number of carbonyl (C=O) groups is 3. The number of fused-ring (bicyclic) bond motifs is 1. The van der Waals surface area contributed by atoms with E-state index in [4.69, 9.17) is 44.9 Å². The van der Waals surface area contributed by atoms with E-state index in [9.17, 15) is 14.4 Å². The van der Waals surface area contributed by atoms with Crippen molar-refractivity contribution in [2.45, 2.75) is 75.0 Å². The normalized spacial score (nSPS) is 19.5. The fourth-order valence-electron chi connectivity index (χ4n) is 5.95. The van der Waals surface area contributed by atoms with Gasteiger partial charge in [0, 0.05) is 35.9 Å². The minimum Gasteiger partial charge on any atom is -0.465 e. The molecule has 1 aromatic carbocycles. The first-order valence-electron chi connectivity index (χ1n) is 14.0. The molecule has 0 saturated carbocycles. The zero-order valence-electron chi connectivity index (χ0n) is 23.3. The second kappa shape index (κ2) is 13.6. The maximum absolute atomic E-state index is 13.6. The Morgan fingerprint density at radius 2 is 1.85 bits per heavy atom. The number of esters is 1. The van der Waals surface area contributed by atoms with Crippen molar-refractivity contribution in [2.24, 2.45) is 0 Å². The molecule has 10 nitrogen and oxygen atoms in total. The zero-order valence-corrected chi connectivity index (χ0v) is 25.5. The van der Waals surface area contributed by atoms with E-state index in [0.717, 1.165) is 74.8 Å². The number of hydrogen-bond donors (Lipinski definition) is 2. The van der Waals surface area contributed by atoms with Gasteiger partial charge in [-0.2, -0.15) is 0 Å². The maximum Gasteiger partial charge on any atom is 0.416 e. The van der Waals surface area contributed by atoms with E-state index in [0.29, 0.717) is 12.2 Å². The van der Waals surface area contributed by atoms with Crippen LogP contribution in [0.5, 0.6) is 0 Å². The van der Waals surface area contributed by atoms with Gasteiger partial charge in [-0.1, -0.05) is 12.1 Å². The number of aromatic nitrogens is 1. The fourth-order valence-corrected chi connectivity index (χ4v) is 6.16. The summed E-state index contributed by atoms with van der Waals surface area (Å²) in [7, 11) is 0. The van der Waals surface area contributed by atoms with Gasteiger partial charge in [0.25, 0.3) is 0 Å². The number of amides is 2. The van der Waals surface area contributed by atoms with E-state index in [1.807, 2.05) is 21.9 Å². The number of amidine groups is 1. The van der Waals surface area contributed by atoms with Crippen LogP contribution in [0, 0.1) is 5.41 Å². The number of carbonyl (C=O) groups excluding carboxylic acids is 3. The number of likely N-dealkylation sites (tertiary alicyclic amines) is 2. The van der Waals surface area contributed by atoms with Gasteiger partial charge in [-0.25, -0.2) is 4.79 Å². The molecule has 0 bridgehead atoms. The first-order valence-corrected chi connectivity index (χ1v) is 15.1. The second-order valence-corrected chi connectivity index (χ2v) is 12.5. The summed E-state index contributed by atoms with van der Waals surface area (Å²) < 4.78 is 9.66. The highest BCUT2D eigenvalue weighted by atomic mass is 35.6. The third-order valence-corrected chi connectivity index (χ3v) is 7.94. The monoisotopic (exact) mass is 627 g/mol. The fraction of sp³-hybridized carbons (Fsp3) is 0.571. The number of ether oxygens (including phenoxy) is 2. The van der Waals surface area contributed by atoms with Gasteiger partial charge in [0.2, 0.25) is 5.91 Å². The third-order valence-electron chi connectivity index (χ3n) is 7.71. The average molecular weight is 629 g/mol. The molecule has 2 atom stereocenters. The summed E-state index contributed by atoms with van der Waals surface area (Å²) in [4.78, 5) is 41.5. The molecule has 2 fully saturated rings. The number of nitrogens with one attached hydrogen (secondary N) is 2. The van der Waals surface area contributed by atoms with Crippen molar-refractivity contribution in [1.82, 2.24) is 19.7 Å². The zero-order chi connectivity index (χ0) is 29.7. The van der Waals surface area contributed by atoms with Crippen LogP contribution in [0.2, 0.25) is 0 Å². The molecule has 0 unspecified atom stereocenters. The first-order chi connectivity index (χ1) is 19.5. The van der Waals surface area contributed by atoms with Gasteiger partial charge in [-0.05, 0) is 111 Å². The lowest BCUT2D eigenvalue weighted by Crippen LogP contribution is -2.48. The minimum absolute atomic E-state index is 0.120. The number of nitrogens with zero attached hydrogens (tertiary/aromatic N) is 3. The number of rotatable bonds is 9. The molecule has 1 aromatic heterocycles. The quantitative estimate of drug-likeness (QED) is 0.175. The molecular formula is C28H36Cl3N5O5. The number of alkyl halides is 3. The molecule has 0 spiro atoms.